The highest BCUT2D eigenvalue weighted by atomic mass is 32.2. The molecule has 1 N–H and O–H groups in total. The largest absolute Gasteiger partial charge is 0.380 e. The summed E-state index contributed by atoms with van der Waals surface area (Å²) in [5, 5.41) is -0.307. The van der Waals surface area contributed by atoms with Crippen LogP contribution in [-0.2, 0) is 14.8 Å². The molecule has 2 rings (SSSR count). The predicted octanol–water partition coefficient (Wildman–Crippen LogP) is -0.143. The lowest BCUT2D eigenvalue weighted by atomic mass is 10.4. The standard InChI is InChI=1S/C7H13NO3S/c9-12(10,8-6-1-2-6)7-3-4-11-5-7/h6-8H,1-5H2/t7-/m0/s1. The molecule has 0 amide bonds. The van der Waals surface area contributed by atoms with Crippen LogP contribution in [0.5, 0.6) is 0 Å². The molecule has 2 aliphatic rings. The molecule has 12 heavy (non-hydrogen) atoms. The molecule has 0 bridgehead atoms. The third-order valence-electron chi connectivity index (χ3n) is 2.24. The second-order valence-corrected chi connectivity index (χ2v) is 5.42. The Morgan fingerprint density at radius 1 is 1.25 bits per heavy atom. The third-order valence-corrected chi connectivity index (χ3v) is 4.15. The van der Waals surface area contributed by atoms with Gasteiger partial charge in [0.1, 0.15) is 5.25 Å². The van der Waals surface area contributed by atoms with E-state index in [2.05, 4.69) is 4.72 Å². The van der Waals surface area contributed by atoms with Gasteiger partial charge in [0.2, 0.25) is 10.0 Å². The Balaban J connectivity index is 1.97. The van der Waals surface area contributed by atoms with Gasteiger partial charge in [-0.25, -0.2) is 13.1 Å². The fourth-order valence-electron chi connectivity index (χ4n) is 1.29. The van der Waals surface area contributed by atoms with Gasteiger partial charge in [-0.05, 0) is 19.3 Å². The maximum atomic E-state index is 11.5. The first-order valence-corrected chi connectivity index (χ1v) is 5.82. The van der Waals surface area contributed by atoms with Gasteiger partial charge < -0.3 is 4.74 Å². The van der Waals surface area contributed by atoms with Gasteiger partial charge in [-0.1, -0.05) is 0 Å². The van der Waals surface area contributed by atoms with Crippen LogP contribution in [0.1, 0.15) is 19.3 Å². The number of ether oxygens (including phenoxy) is 1. The molecule has 0 radical (unpaired) electrons. The van der Waals surface area contributed by atoms with Gasteiger partial charge in [-0.2, -0.15) is 0 Å². The van der Waals surface area contributed by atoms with E-state index in [0.717, 1.165) is 12.8 Å². The number of sulfonamides is 1. The zero-order chi connectivity index (χ0) is 8.60. The smallest absolute Gasteiger partial charge is 0.217 e. The Bertz CT molecular complexity index is 252. The average molecular weight is 191 g/mol. The molecule has 1 atom stereocenters. The summed E-state index contributed by atoms with van der Waals surface area (Å²) in [5.74, 6) is 0. The number of nitrogens with one attached hydrogen (secondary N) is 1. The fraction of sp³-hybridized carbons (Fsp3) is 1.00. The minimum atomic E-state index is -3.07. The highest BCUT2D eigenvalue weighted by Crippen LogP contribution is 2.22. The molecular formula is C7H13NO3S. The second kappa shape index (κ2) is 2.97. The van der Waals surface area contributed by atoms with E-state index in [1.54, 1.807) is 0 Å². The average Bonchev–Trinajstić information content (AvgIpc) is 2.67. The Kier molecular flexibility index (Phi) is 2.10. The number of hydrogen-bond acceptors (Lipinski definition) is 3. The normalized spacial score (nSPS) is 30.8. The van der Waals surface area contributed by atoms with Crippen LogP contribution in [0.3, 0.4) is 0 Å². The van der Waals surface area contributed by atoms with E-state index in [1.165, 1.54) is 0 Å². The maximum Gasteiger partial charge on any atom is 0.217 e. The molecule has 0 unspecified atom stereocenters. The first-order chi connectivity index (χ1) is 5.68. The van der Waals surface area contributed by atoms with Crippen molar-refractivity contribution in [2.75, 3.05) is 13.2 Å². The minimum absolute atomic E-state index is 0.218. The van der Waals surface area contributed by atoms with Gasteiger partial charge in [0.25, 0.3) is 0 Å². The summed E-state index contributed by atoms with van der Waals surface area (Å²) in [7, 11) is -3.07. The Morgan fingerprint density at radius 3 is 2.50 bits per heavy atom. The van der Waals surface area contributed by atoms with Crippen molar-refractivity contribution in [3.8, 4) is 0 Å². The molecule has 1 saturated carbocycles. The molecular weight excluding hydrogens is 178 g/mol. The van der Waals surface area contributed by atoms with E-state index < -0.39 is 10.0 Å². The zero-order valence-corrected chi connectivity index (χ0v) is 7.64. The highest BCUT2D eigenvalue weighted by molar-refractivity contribution is 7.90. The van der Waals surface area contributed by atoms with E-state index in [0.29, 0.717) is 19.6 Å². The van der Waals surface area contributed by atoms with Gasteiger partial charge in [0.15, 0.2) is 0 Å². The van der Waals surface area contributed by atoms with Crippen molar-refractivity contribution < 1.29 is 13.2 Å². The fourth-order valence-corrected chi connectivity index (χ4v) is 2.86. The Hall–Kier alpha value is -0.130. The van der Waals surface area contributed by atoms with Gasteiger partial charge in [0.05, 0.1) is 6.61 Å². The molecule has 1 aliphatic carbocycles. The van der Waals surface area contributed by atoms with Crippen LogP contribution >= 0.6 is 0 Å². The summed E-state index contributed by atoms with van der Waals surface area (Å²) >= 11 is 0. The summed E-state index contributed by atoms with van der Waals surface area (Å²) in [4.78, 5) is 0. The van der Waals surface area contributed by atoms with Gasteiger partial charge in [0, 0.05) is 12.6 Å². The lowest BCUT2D eigenvalue weighted by Gasteiger charge is -2.09. The molecule has 5 heteroatoms. The van der Waals surface area contributed by atoms with Crippen LogP contribution in [0, 0.1) is 0 Å². The van der Waals surface area contributed by atoms with Crippen molar-refractivity contribution in [1.29, 1.82) is 0 Å². The van der Waals surface area contributed by atoms with Crippen LogP contribution in [-0.4, -0.2) is 32.9 Å². The van der Waals surface area contributed by atoms with E-state index in [9.17, 15) is 8.42 Å². The SMILES string of the molecule is O=S(=O)(NC1CC1)[C@H]1CCOC1. The molecule has 1 saturated heterocycles. The second-order valence-electron chi connectivity index (χ2n) is 3.42. The molecule has 1 heterocycles. The summed E-state index contributed by atoms with van der Waals surface area (Å²) < 4.78 is 30.7. The summed E-state index contributed by atoms with van der Waals surface area (Å²) in [6.45, 7) is 0.943. The lowest BCUT2D eigenvalue weighted by Crippen LogP contribution is -2.35. The van der Waals surface area contributed by atoms with Crippen molar-refractivity contribution in [3.63, 3.8) is 0 Å². The molecule has 0 aromatic heterocycles. The molecule has 0 aromatic rings. The van der Waals surface area contributed by atoms with E-state index >= 15 is 0 Å². The molecule has 0 aromatic carbocycles. The highest BCUT2D eigenvalue weighted by Gasteiger charge is 2.34. The Labute approximate surface area is 72.3 Å². The number of rotatable bonds is 3. The van der Waals surface area contributed by atoms with Crippen molar-refractivity contribution in [2.24, 2.45) is 0 Å². The summed E-state index contributed by atoms with van der Waals surface area (Å²) in [6, 6.07) is 0.218. The van der Waals surface area contributed by atoms with Crippen molar-refractivity contribution in [2.45, 2.75) is 30.6 Å². The third kappa shape index (κ3) is 1.78. The predicted molar refractivity (Wildman–Crippen MR) is 44.3 cm³/mol. The maximum absolute atomic E-state index is 11.5. The first kappa shape index (κ1) is 8.47. The zero-order valence-electron chi connectivity index (χ0n) is 6.82. The van der Waals surface area contributed by atoms with Crippen molar-refractivity contribution in [3.05, 3.63) is 0 Å². The van der Waals surface area contributed by atoms with Gasteiger partial charge in [-0.3, -0.25) is 0 Å². The first-order valence-electron chi connectivity index (χ1n) is 4.27. The van der Waals surface area contributed by atoms with Crippen molar-refractivity contribution in [1.82, 2.24) is 4.72 Å². The summed E-state index contributed by atoms with van der Waals surface area (Å²) in [6.07, 6.45) is 2.63. The monoisotopic (exact) mass is 191 g/mol. The van der Waals surface area contributed by atoms with Crippen LogP contribution in [0.2, 0.25) is 0 Å². The van der Waals surface area contributed by atoms with E-state index in [4.69, 9.17) is 4.74 Å². The molecule has 2 fully saturated rings. The van der Waals surface area contributed by atoms with E-state index in [1.807, 2.05) is 0 Å². The van der Waals surface area contributed by atoms with Gasteiger partial charge in [-0.15, -0.1) is 0 Å². The molecule has 1 aliphatic heterocycles. The quantitative estimate of drug-likeness (QED) is 0.675. The van der Waals surface area contributed by atoms with E-state index in [-0.39, 0.29) is 11.3 Å². The van der Waals surface area contributed by atoms with Crippen molar-refractivity contribution >= 4 is 10.0 Å². The molecule has 4 nitrogen and oxygen atoms in total. The molecule has 70 valence electrons. The Morgan fingerprint density at radius 2 is 2.00 bits per heavy atom. The van der Waals surface area contributed by atoms with Crippen LogP contribution in [0.4, 0.5) is 0 Å². The molecule has 0 spiro atoms. The van der Waals surface area contributed by atoms with Gasteiger partial charge >= 0.3 is 0 Å². The topological polar surface area (TPSA) is 55.4 Å². The number of hydrogen-bond donors (Lipinski definition) is 1. The summed E-state index contributed by atoms with van der Waals surface area (Å²) in [5.41, 5.74) is 0. The van der Waals surface area contributed by atoms with Crippen LogP contribution < -0.4 is 4.72 Å². The lowest BCUT2D eigenvalue weighted by molar-refractivity contribution is 0.198. The van der Waals surface area contributed by atoms with Crippen LogP contribution in [0.15, 0.2) is 0 Å². The minimum Gasteiger partial charge on any atom is -0.380 e. The van der Waals surface area contributed by atoms with Crippen LogP contribution in [0.25, 0.3) is 0 Å².